The summed E-state index contributed by atoms with van der Waals surface area (Å²) in [7, 11) is 0. The van der Waals surface area contributed by atoms with E-state index in [4.69, 9.17) is 10.2 Å². The van der Waals surface area contributed by atoms with E-state index >= 15 is 0 Å². The van der Waals surface area contributed by atoms with E-state index in [9.17, 15) is 9.59 Å². The first-order chi connectivity index (χ1) is 7.57. The Bertz CT molecular complexity index is 213. The van der Waals surface area contributed by atoms with Gasteiger partial charge in [0.2, 0.25) is 0 Å². The lowest BCUT2D eigenvalue weighted by molar-refractivity contribution is -0.142. The number of carboxylic acid groups (broad SMARTS) is 2. The summed E-state index contributed by atoms with van der Waals surface area (Å²) in [5.74, 6) is -1.74. The smallest absolute Gasteiger partial charge is 0.306 e. The highest BCUT2D eigenvalue weighted by molar-refractivity contribution is 5.69. The molecule has 0 aromatic rings. The maximum Gasteiger partial charge on any atom is 0.306 e. The molecule has 0 saturated carbocycles. The quantitative estimate of drug-likeness (QED) is 0.566. The Kier molecular flexibility index (Phi) is 8.58. The van der Waals surface area contributed by atoms with Crippen LogP contribution < -0.4 is 0 Å². The summed E-state index contributed by atoms with van der Waals surface area (Å²) in [6.07, 6.45) is 5.84. The fourth-order valence-corrected chi connectivity index (χ4v) is 1.69. The van der Waals surface area contributed by atoms with Crippen molar-refractivity contribution in [3.8, 4) is 0 Å². The molecule has 0 saturated heterocycles. The minimum absolute atomic E-state index is 0.187. The summed E-state index contributed by atoms with van der Waals surface area (Å²) >= 11 is 0. The van der Waals surface area contributed by atoms with E-state index in [2.05, 4.69) is 0 Å². The van der Waals surface area contributed by atoms with E-state index in [1.54, 1.807) is 0 Å². The van der Waals surface area contributed by atoms with Gasteiger partial charge in [0.15, 0.2) is 0 Å². The molecular formula is C12H22O4. The van der Waals surface area contributed by atoms with Crippen LogP contribution >= 0.6 is 0 Å². The fourth-order valence-electron chi connectivity index (χ4n) is 1.69. The number of unbranched alkanes of at least 4 members (excludes halogenated alkanes) is 3. The molecule has 16 heavy (non-hydrogen) atoms. The number of hydrogen-bond donors (Lipinski definition) is 2. The first kappa shape index (κ1) is 14.9. The van der Waals surface area contributed by atoms with Crippen molar-refractivity contribution in [3.05, 3.63) is 0 Å². The Hall–Kier alpha value is -1.06. The van der Waals surface area contributed by atoms with E-state index < -0.39 is 11.9 Å². The SMILES string of the molecule is CCCC[C@H](CCCCCC(=O)O)C(=O)O. The largest absolute Gasteiger partial charge is 0.481 e. The molecule has 0 aliphatic rings. The van der Waals surface area contributed by atoms with E-state index in [0.29, 0.717) is 12.8 Å². The van der Waals surface area contributed by atoms with Gasteiger partial charge in [-0.05, 0) is 19.3 Å². The second-order valence-electron chi connectivity index (χ2n) is 4.17. The Labute approximate surface area is 96.7 Å². The molecule has 0 radical (unpaired) electrons. The summed E-state index contributed by atoms with van der Waals surface area (Å²) in [6, 6.07) is 0. The molecule has 0 aliphatic heterocycles. The van der Waals surface area contributed by atoms with E-state index in [1.165, 1.54) is 0 Å². The molecule has 0 aromatic heterocycles. The van der Waals surface area contributed by atoms with Gasteiger partial charge < -0.3 is 10.2 Å². The van der Waals surface area contributed by atoms with Gasteiger partial charge in [-0.3, -0.25) is 9.59 Å². The lowest BCUT2D eigenvalue weighted by Crippen LogP contribution is -2.13. The Morgan fingerprint density at radius 3 is 2.12 bits per heavy atom. The summed E-state index contributed by atoms with van der Waals surface area (Å²) in [4.78, 5) is 21.1. The molecule has 1 atom stereocenters. The first-order valence-electron chi connectivity index (χ1n) is 6.02. The molecule has 4 heteroatoms. The van der Waals surface area contributed by atoms with Crippen LogP contribution in [0, 0.1) is 5.92 Å². The minimum atomic E-state index is -0.777. The highest BCUT2D eigenvalue weighted by Crippen LogP contribution is 2.17. The molecule has 2 N–H and O–H groups in total. The number of aliphatic carboxylic acids is 2. The molecule has 0 aliphatic carbocycles. The highest BCUT2D eigenvalue weighted by Gasteiger charge is 2.15. The summed E-state index contributed by atoms with van der Waals surface area (Å²) in [6.45, 7) is 2.05. The van der Waals surface area contributed by atoms with Crippen molar-refractivity contribution >= 4 is 11.9 Å². The standard InChI is InChI=1S/C12H22O4/c1-2-3-7-10(12(15)16)8-5-4-6-9-11(13)14/h10H,2-9H2,1H3,(H,13,14)(H,15,16)/t10-/m1/s1. The third-order valence-corrected chi connectivity index (χ3v) is 2.70. The molecule has 0 rings (SSSR count). The van der Waals surface area contributed by atoms with Gasteiger partial charge in [-0.2, -0.15) is 0 Å². The second kappa shape index (κ2) is 9.19. The molecule has 0 aromatic carbocycles. The van der Waals surface area contributed by atoms with Gasteiger partial charge in [-0.15, -0.1) is 0 Å². The molecule has 0 amide bonds. The Balaban J connectivity index is 3.60. The van der Waals surface area contributed by atoms with Crippen molar-refractivity contribution in [2.45, 2.75) is 58.3 Å². The molecule has 0 fully saturated rings. The first-order valence-corrected chi connectivity index (χ1v) is 6.02. The zero-order valence-corrected chi connectivity index (χ0v) is 9.95. The van der Waals surface area contributed by atoms with Gasteiger partial charge in [-0.25, -0.2) is 0 Å². The molecule has 0 bridgehead atoms. The average molecular weight is 230 g/mol. The summed E-state index contributed by atoms with van der Waals surface area (Å²) < 4.78 is 0. The zero-order valence-electron chi connectivity index (χ0n) is 9.95. The van der Waals surface area contributed by atoms with Crippen LogP contribution in [-0.4, -0.2) is 22.2 Å². The van der Waals surface area contributed by atoms with Crippen LogP contribution in [0.3, 0.4) is 0 Å². The van der Waals surface area contributed by atoms with E-state index in [0.717, 1.165) is 32.1 Å². The van der Waals surface area contributed by atoms with Crippen LogP contribution in [0.15, 0.2) is 0 Å². The topological polar surface area (TPSA) is 74.6 Å². The number of carbonyl (C=O) groups is 2. The van der Waals surface area contributed by atoms with Crippen molar-refractivity contribution in [1.29, 1.82) is 0 Å². The molecular weight excluding hydrogens is 208 g/mol. The molecule has 4 nitrogen and oxygen atoms in total. The lowest BCUT2D eigenvalue weighted by Gasteiger charge is -2.10. The van der Waals surface area contributed by atoms with Crippen molar-refractivity contribution in [1.82, 2.24) is 0 Å². The van der Waals surface area contributed by atoms with Gasteiger partial charge in [0, 0.05) is 6.42 Å². The van der Waals surface area contributed by atoms with Crippen molar-refractivity contribution in [2.75, 3.05) is 0 Å². The maximum absolute atomic E-state index is 10.9. The van der Waals surface area contributed by atoms with Gasteiger partial charge in [0.25, 0.3) is 0 Å². The molecule has 0 unspecified atom stereocenters. The molecule has 94 valence electrons. The normalized spacial score (nSPS) is 12.3. The van der Waals surface area contributed by atoms with Crippen LogP contribution in [0.2, 0.25) is 0 Å². The van der Waals surface area contributed by atoms with Crippen LogP contribution in [-0.2, 0) is 9.59 Å². The predicted molar refractivity (Wildman–Crippen MR) is 61.4 cm³/mol. The average Bonchev–Trinajstić information content (AvgIpc) is 2.21. The third-order valence-electron chi connectivity index (χ3n) is 2.70. The van der Waals surface area contributed by atoms with Gasteiger partial charge in [0.05, 0.1) is 5.92 Å². The summed E-state index contributed by atoms with van der Waals surface area (Å²) in [5, 5.41) is 17.4. The second-order valence-corrected chi connectivity index (χ2v) is 4.17. The highest BCUT2D eigenvalue weighted by atomic mass is 16.4. The molecule has 0 heterocycles. The number of rotatable bonds is 10. The Morgan fingerprint density at radius 2 is 1.62 bits per heavy atom. The minimum Gasteiger partial charge on any atom is -0.481 e. The maximum atomic E-state index is 10.9. The van der Waals surface area contributed by atoms with Crippen LogP contribution in [0.5, 0.6) is 0 Å². The monoisotopic (exact) mass is 230 g/mol. The van der Waals surface area contributed by atoms with Crippen molar-refractivity contribution < 1.29 is 19.8 Å². The van der Waals surface area contributed by atoms with Crippen molar-refractivity contribution in [3.63, 3.8) is 0 Å². The van der Waals surface area contributed by atoms with Crippen LogP contribution in [0.4, 0.5) is 0 Å². The fraction of sp³-hybridized carbons (Fsp3) is 0.833. The van der Waals surface area contributed by atoms with E-state index in [1.807, 2.05) is 6.92 Å². The third kappa shape index (κ3) is 8.26. The summed E-state index contributed by atoms with van der Waals surface area (Å²) in [5.41, 5.74) is 0. The van der Waals surface area contributed by atoms with Crippen molar-refractivity contribution in [2.24, 2.45) is 5.92 Å². The molecule has 0 spiro atoms. The van der Waals surface area contributed by atoms with E-state index in [-0.39, 0.29) is 12.3 Å². The predicted octanol–water partition coefficient (Wildman–Crippen LogP) is 2.91. The van der Waals surface area contributed by atoms with Crippen LogP contribution in [0.1, 0.15) is 58.3 Å². The Morgan fingerprint density at radius 1 is 1.00 bits per heavy atom. The van der Waals surface area contributed by atoms with Gasteiger partial charge >= 0.3 is 11.9 Å². The van der Waals surface area contributed by atoms with Crippen LogP contribution in [0.25, 0.3) is 0 Å². The van der Waals surface area contributed by atoms with Gasteiger partial charge in [0.1, 0.15) is 0 Å². The zero-order chi connectivity index (χ0) is 12.4. The number of hydrogen-bond acceptors (Lipinski definition) is 2. The number of carboxylic acids is 2. The lowest BCUT2D eigenvalue weighted by atomic mass is 9.95. The van der Waals surface area contributed by atoms with Gasteiger partial charge in [-0.1, -0.05) is 32.6 Å².